The van der Waals surface area contributed by atoms with Crippen molar-refractivity contribution in [1.82, 2.24) is 9.73 Å². The van der Waals surface area contributed by atoms with Crippen molar-refractivity contribution in [1.29, 1.82) is 0 Å². The Labute approximate surface area is 154 Å². The highest BCUT2D eigenvalue weighted by atomic mass is 32.2. The molecule has 2 rings (SSSR count). The van der Waals surface area contributed by atoms with E-state index in [0.717, 1.165) is 15.4 Å². The van der Waals surface area contributed by atoms with Crippen LogP contribution in [0.25, 0.3) is 0 Å². The predicted octanol–water partition coefficient (Wildman–Crippen LogP) is 2.52. The van der Waals surface area contributed by atoms with Gasteiger partial charge in [0.05, 0.1) is 11.4 Å². The van der Waals surface area contributed by atoms with Gasteiger partial charge in [-0.2, -0.15) is 9.41 Å². The highest BCUT2D eigenvalue weighted by Crippen LogP contribution is 2.15. The van der Waals surface area contributed by atoms with Crippen molar-refractivity contribution in [3.05, 3.63) is 65.7 Å². The number of carbonyl (C=O) groups excluding carboxylic acids is 1. The molecular weight excluding hydrogens is 350 g/mol. The fourth-order valence-electron chi connectivity index (χ4n) is 2.28. The van der Waals surface area contributed by atoms with Crippen molar-refractivity contribution in [2.24, 2.45) is 5.10 Å². The number of nitrogens with one attached hydrogen (secondary N) is 1. The molecule has 0 aliphatic rings. The lowest BCUT2D eigenvalue weighted by Gasteiger charge is -2.16. The Balaban J connectivity index is 1.92. The summed E-state index contributed by atoms with van der Waals surface area (Å²) in [7, 11) is -2.35. The number of likely N-dealkylation sites (N-methyl/N-ethyl adjacent to an activating group) is 1. The lowest BCUT2D eigenvalue weighted by Crippen LogP contribution is -2.36. The van der Waals surface area contributed by atoms with Crippen LogP contribution in [-0.2, 0) is 14.8 Å². The monoisotopic (exact) mass is 373 g/mol. The third kappa shape index (κ3) is 5.24. The molecule has 0 spiro atoms. The van der Waals surface area contributed by atoms with E-state index in [9.17, 15) is 13.2 Å². The lowest BCUT2D eigenvalue weighted by molar-refractivity contribution is -0.121. The van der Waals surface area contributed by atoms with Crippen LogP contribution < -0.4 is 5.43 Å². The zero-order valence-corrected chi connectivity index (χ0v) is 15.9. The third-order valence-corrected chi connectivity index (χ3v) is 5.73. The Kier molecular flexibility index (Phi) is 6.65. The summed E-state index contributed by atoms with van der Waals surface area (Å²) < 4.78 is 25.9. The van der Waals surface area contributed by atoms with Crippen molar-refractivity contribution < 1.29 is 13.2 Å². The fraction of sp³-hybridized carbons (Fsp3) is 0.263. The molecule has 2 aromatic carbocycles. The van der Waals surface area contributed by atoms with E-state index < -0.39 is 15.9 Å². The summed E-state index contributed by atoms with van der Waals surface area (Å²) in [5.74, 6) is -0.467. The molecule has 0 saturated heterocycles. The van der Waals surface area contributed by atoms with Crippen molar-refractivity contribution in [3.63, 3.8) is 0 Å². The van der Waals surface area contributed by atoms with Crippen LogP contribution in [-0.4, -0.2) is 38.4 Å². The second kappa shape index (κ2) is 8.73. The highest BCUT2D eigenvalue weighted by molar-refractivity contribution is 7.89. The van der Waals surface area contributed by atoms with Gasteiger partial charge < -0.3 is 0 Å². The molecule has 26 heavy (non-hydrogen) atoms. The van der Waals surface area contributed by atoms with Gasteiger partial charge in [-0.15, -0.1) is 0 Å². The van der Waals surface area contributed by atoms with E-state index in [-0.39, 0.29) is 17.4 Å². The Morgan fingerprint density at radius 3 is 2.38 bits per heavy atom. The Hall–Kier alpha value is -2.51. The van der Waals surface area contributed by atoms with Crippen molar-refractivity contribution in [2.75, 3.05) is 13.6 Å². The second-order valence-electron chi connectivity index (χ2n) is 6.09. The number of hydrazone groups is 1. The quantitative estimate of drug-likeness (QED) is 0.598. The first-order valence-corrected chi connectivity index (χ1v) is 9.64. The molecule has 7 heteroatoms. The maximum absolute atomic E-state index is 12.5. The Morgan fingerprint density at radius 1 is 1.15 bits per heavy atom. The molecule has 0 aliphatic carbocycles. The van der Waals surface area contributed by atoms with Crippen LogP contribution in [0.5, 0.6) is 0 Å². The SMILES string of the molecule is Cc1ccc(S(=O)(=O)N(C)CC(=O)N/N=C\[C@@H](C)c2ccccc2)cc1. The Morgan fingerprint density at radius 2 is 1.77 bits per heavy atom. The summed E-state index contributed by atoms with van der Waals surface area (Å²) in [5, 5.41) is 3.92. The van der Waals surface area contributed by atoms with Crippen LogP contribution in [0.1, 0.15) is 24.0 Å². The summed E-state index contributed by atoms with van der Waals surface area (Å²) in [4.78, 5) is 12.1. The van der Waals surface area contributed by atoms with Gasteiger partial charge in [0.2, 0.25) is 10.0 Å². The van der Waals surface area contributed by atoms with Crippen molar-refractivity contribution in [2.45, 2.75) is 24.7 Å². The molecule has 0 fully saturated rings. The first-order valence-electron chi connectivity index (χ1n) is 8.20. The number of rotatable bonds is 7. The molecule has 0 bridgehead atoms. The number of carbonyl (C=O) groups is 1. The molecule has 2 aromatic rings. The zero-order valence-electron chi connectivity index (χ0n) is 15.1. The predicted molar refractivity (Wildman–Crippen MR) is 102 cm³/mol. The van der Waals surface area contributed by atoms with Gasteiger partial charge in [-0.3, -0.25) is 4.79 Å². The van der Waals surface area contributed by atoms with Gasteiger partial charge in [0, 0.05) is 19.2 Å². The van der Waals surface area contributed by atoms with Crippen LogP contribution in [0.3, 0.4) is 0 Å². The first-order chi connectivity index (χ1) is 12.3. The van der Waals surface area contributed by atoms with Gasteiger partial charge in [0.1, 0.15) is 0 Å². The number of sulfonamides is 1. The molecule has 0 aliphatic heterocycles. The number of benzene rings is 2. The standard InChI is InChI=1S/C19H23N3O3S/c1-15-9-11-18(12-10-15)26(24,25)22(3)14-19(23)21-20-13-16(2)17-7-5-4-6-8-17/h4-13,16H,14H2,1-3H3,(H,21,23)/b20-13-/t16-/m1/s1. The van der Waals surface area contributed by atoms with Gasteiger partial charge in [-0.1, -0.05) is 55.0 Å². The van der Waals surface area contributed by atoms with E-state index in [1.165, 1.54) is 19.2 Å². The fourth-order valence-corrected chi connectivity index (χ4v) is 3.40. The third-order valence-electron chi connectivity index (χ3n) is 3.91. The smallest absolute Gasteiger partial charge is 0.255 e. The number of hydrogen-bond donors (Lipinski definition) is 1. The normalized spacial score (nSPS) is 13.1. The molecule has 0 unspecified atom stereocenters. The molecule has 1 N–H and O–H groups in total. The number of hydrogen-bond acceptors (Lipinski definition) is 4. The van der Waals surface area contributed by atoms with Crippen LogP contribution in [0, 0.1) is 6.92 Å². The van der Waals surface area contributed by atoms with Crippen molar-refractivity contribution in [3.8, 4) is 0 Å². The minimum absolute atomic E-state index is 0.0329. The summed E-state index contributed by atoms with van der Waals surface area (Å²) in [6, 6.07) is 16.2. The molecule has 0 radical (unpaired) electrons. The zero-order chi connectivity index (χ0) is 19.2. The number of amides is 1. The van der Waals surface area contributed by atoms with E-state index in [1.54, 1.807) is 18.3 Å². The summed E-state index contributed by atoms with van der Waals surface area (Å²) >= 11 is 0. The average Bonchev–Trinajstić information content (AvgIpc) is 2.62. The van der Waals surface area contributed by atoms with E-state index in [0.29, 0.717) is 0 Å². The maximum atomic E-state index is 12.5. The molecule has 0 heterocycles. The maximum Gasteiger partial charge on any atom is 0.255 e. The highest BCUT2D eigenvalue weighted by Gasteiger charge is 2.22. The molecule has 1 atom stereocenters. The van der Waals surface area contributed by atoms with Crippen LogP contribution in [0.4, 0.5) is 0 Å². The summed E-state index contributed by atoms with van der Waals surface area (Å²) in [6.07, 6.45) is 1.61. The van der Waals surface area contributed by atoms with Crippen LogP contribution >= 0.6 is 0 Å². The number of aryl methyl sites for hydroxylation is 1. The molecule has 6 nitrogen and oxygen atoms in total. The lowest BCUT2D eigenvalue weighted by atomic mass is 10.0. The van der Waals surface area contributed by atoms with E-state index in [2.05, 4.69) is 10.5 Å². The van der Waals surface area contributed by atoms with Crippen LogP contribution in [0.2, 0.25) is 0 Å². The molecule has 0 aromatic heterocycles. The average molecular weight is 373 g/mol. The molecular formula is C19H23N3O3S. The second-order valence-corrected chi connectivity index (χ2v) is 8.13. The Bertz CT molecular complexity index is 863. The van der Waals surface area contributed by atoms with Gasteiger partial charge in [-0.25, -0.2) is 13.8 Å². The van der Waals surface area contributed by atoms with Gasteiger partial charge in [0.15, 0.2) is 0 Å². The minimum Gasteiger partial charge on any atom is -0.272 e. The van der Waals surface area contributed by atoms with Gasteiger partial charge in [0.25, 0.3) is 5.91 Å². The van der Waals surface area contributed by atoms with E-state index >= 15 is 0 Å². The molecule has 1 amide bonds. The summed E-state index contributed by atoms with van der Waals surface area (Å²) in [5.41, 5.74) is 4.41. The number of nitrogens with zero attached hydrogens (tertiary/aromatic N) is 2. The first kappa shape index (κ1) is 19.8. The largest absolute Gasteiger partial charge is 0.272 e. The minimum atomic E-state index is -3.71. The molecule has 138 valence electrons. The molecule has 0 saturated carbocycles. The van der Waals surface area contributed by atoms with Gasteiger partial charge >= 0.3 is 0 Å². The van der Waals surface area contributed by atoms with Gasteiger partial charge in [-0.05, 0) is 24.6 Å². The van der Waals surface area contributed by atoms with Crippen LogP contribution in [0.15, 0.2) is 64.6 Å². The summed E-state index contributed by atoms with van der Waals surface area (Å²) in [6.45, 7) is 3.52. The van der Waals surface area contributed by atoms with E-state index in [4.69, 9.17) is 0 Å². The van der Waals surface area contributed by atoms with Crippen molar-refractivity contribution >= 4 is 22.1 Å². The topological polar surface area (TPSA) is 78.8 Å². The van der Waals surface area contributed by atoms with E-state index in [1.807, 2.05) is 44.2 Å².